The molecule has 1 aromatic carbocycles. The van der Waals surface area contributed by atoms with Crippen LogP contribution < -0.4 is 4.90 Å². The van der Waals surface area contributed by atoms with Gasteiger partial charge in [-0.15, -0.1) is 0 Å². The normalized spacial score (nSPS) is 14.7. The first-order valence-corrected chi connectivity index (χ1v) is 7.40. The Morgan fingerprint density at radius 3 is 2.75 bits per heavy atom. The maximum Gasteiger partial charge on any atom is 0.328 e. The lowest BCUT2D eigenvalue weighted by Gasteiger charge is -2.26. The molecule has 1 aromatic rings. The molecule has 2 rings (SSSR count). The number of hydrogen-bond donors (Lipinski definition) is 1. The van der Waals surface area contributed by atoms with E-state index in [4.69, 9.17) is 5.11 Å². The topological polar surface area (TPSA) is 40.5 Å². The van der Waals surface area contributed by atoms with Crippen LogP contribution in [0.3, 0.4) is 0 Å². The van der Waals surface area contributed by atoms with E-state index in [1.54, 1.807) is 6.08 Å². The predicted octanol–water partition coefficient (Wildman–Crippen LogP) is 3.86. The molecule has 1 fully saturated rings. The Hall–Kier alpha value is -1.77. The highest BCUT2D eigenvalue weighted by molar-refractivity contribution is 5.85. The number of hydrogen-bond acceptors (Lipinski definition) is 2. The van der Waals surface area contributed by atoms with Gasteiger partial charge in [0.1, 0.15) is 0 Å². The molecule has 20 heavy (non-hydrogen) atoms. The second kappa shape index (κ2) is 6.60. The zero-order valence-electron chi connectivity index (χ0n) is 12.3. The van der Waals surface area contributed by atoms with E-state index in [-0.39, 0.29) is 0 Å². The molecular weight excluding hydrogens is 250 g/mol. The molecule has 0 heterocycles. The molecule has 0 amide bonds. The number of carboxylic acid groups (broad SMARTS) is 1. The van der Waals surface area contributed by atoms with Crippen LogP contribution in [-0.2, 0) is 4.79 Å². The lowest BCUT2D eigenvalue weighted by molar-refractivity contribution is -0.131. The first kappa shape index (κ1) is 14.6. The number of rotatable bonds is 7. The van der Waals surface area contributed by atoms with Crippen LogP contribution in [-0.4, -0.2) is 23.7 Å². The molecule has 3 heteroatoms. The van der Waals surface area contributed by atoms with E-state index in [1.807, 2.05) is 6.07 Å². The quantitative estimate of drug-likeness (QED) is 0.767. The summed E-state index contributed by atoms with van der Waals surface area (Å²) in [6.45, 7) is 5.44. The van der Waals surface area contributed by atoms with Gasteiger partial charge in [0.05, 0.1) is 0 Å². The van der Waals surface area contributed by atoms with Crippen LogP contribution in [0.2, 0.25) is 0 Å². The first-order valence-electron chi connectivity index (χ1n) is 7.40. The third-order valence-corrected chi connectivity index (χ3v) is 3.69. The number of nitrogens with zero attached hydrogens (tertiary/aromatic N) is 1. The fourth-order valence-corrected chi connectivity index (χ4v) is 2.49. The molecule has 3 nitrogen and oxygen atoms in total. The van der Waals surface area contributed by atoms with Crippen molar-refractivity contribution in [2.45, 2.75) is 45.6 Å². The Morgan fingerprint density at radius 2 is 2.20 bits per heavy atom. The zero-order chi connectivity index (χ0) is 14.5. The summed E-state index contributed by atoms with van der Waals surface area (Å²) in [6.07, 6.45) is 7.85. The van der Waals surface area contributed by atoms with Crippen molar-refractivity contribution in [3.63, 3.8) is 0 Å². The maximum absolute atomic E-state index is 10.6. The standard InChI is InChI=1S/C17H23NO2/c1-3-4-11-18(15-7-8-15)16-9-5-14(12-13(16)2)6-10-17(19)20/h5-6,9-10,12,15H,3-4,7-8,11H2,1-2H3,(H,19,20). The molecule has 0 aliphatic heterocycles. The lowest BCUT2D eigenvalue weighted by Crippen LogP contribution is -2.27. The Kier molecular flexibility index (Phi) is 4.83. The van der Waals surface area contributed by atoms with Crippen molar-refractivity contribution in [2.24, 2.45) is 0 Å². The third kappa shape index (κ3) is 3.86. The van der Waals surface area contributed by atoms with Gasteiger partial charge in [-0.25, -0.2) is 4.79 Å². The number of benzene rings is 1. The molecule has 0 spiro atoms. The summed E-state index contributed by atoms with van der Waals surface area (Å²) in [6, 6.07) is 6.91. The van der Waals surface area contributed by atoms with Crippen LogP contribution in [0.4, 0.5) is 5.69 Å². The number of carboxylic acids is 1. The largest absolute Gasteiger partial charge is 0.478 e. The summed E-state index contributed by atoms with van der Waals surface area (Å²) in [4.78, 5) is 13.1. The summed E-state index contributed by atoms with van der Waals surface area (Å²) >= 11 is 0. The van der Waals surface area contributed by atoms with Gasteiger partial charge in [-0.3, -0.25) is 0 Å². The molecule has 0 unspecified atom stereocenters. The van der Waals surface area contributed by atoms with Gasteiger partial charge in [-0.2, -0.15) is 0 Å². The van der Waals surface area contributed by atoms with E-state index in [9.17, 15) is 4.79 Å². The van der Waals surface area contributed by atoms with Crippen molar-refractivity contribution in [3.8, 4) is 0 Å². The number of aliphatic carboxylic acids is 1. The minimum Gasteiger partial charge on any atom is -0.478 e. The van der Waals surface area contributed by atoms with Gasteiger partial charge in [0.2, 0.25) is 0 Å². The van der Waals surface area contributed by atoms with Crippen molar-refractivity contribution < 1.29 is 9.90 Å². The Morgan fingerprint density at radius 1 is 1.45 bits per heavy atom. The van der Waals surface area contributed by atoms with Crippen LogP contribution in [0.5, 0.6) is 0 Å². The zero-order valence-corrected chi connectivity index (χ0v) is 12.3. The molecule has 1 aliphatic rings. The van der Waals surface area contributed by atoms with Gasteiger partial charge < -0.3 is 10.0 Å². The average Bonchev–Trinajstić information content (AvgIpc) is 3.23. The van der Waals surface area contributed by atoms with Crippen LogP contribution in [0, 0.1) is 6.92 Å². The predicted molar refractivity (Wildman–Crippen MR) is 83.1 cm³/mol. The highest BCUT2D eigenvalue weighted by atomic mass is 16.4. The van der Waals surface area contributed by atoms with Crippen LogP contribution >= 0.6 is 0 Å². The number of carbonyl (C=O) groups is 1. The summed E-state index contributed by atoms with van der Waals surface area (Å²) in [5.41, 5.74) is 3.47. The van der Waals surface area contributed by atoms with E-state index in [2.05, 4.69) is 30.9 Å². The van der Waals surface area contributed by atoms with Crippen molar-refractivity contribution in [3.05, 3.63) is 35.4 Å². The molecule has 0 atom stereocenters. The van der Waals surface area contributed by atoms with Crippen molar-refractivity contribution in [1.29, 1.82) is 0 Å². The molecule has 108 valence electrons. The van der Waals surface area contributed by atoms with E-state index in [1.165, 1.54) is 43.0 Å². The van der Waals surface area contributed by atoms with Gasteiger partial charge in [0, 0.05) is 24.4 Å². The highest BCUT2D eigenvalue weighted by Gasteiger charge is 2.29. The van der Waals surface area contributed by atoms with Crippen LogP contribution in [0.15, 0.2) is 24.3 Å². The number of unbranched alkanes of at least 4 members (excludes halogenated alkanes) is 1. The summed E-state index contributed by atoms with van der Waals surface area (Å²) in [5.74, 6) is -0.908. The van der Waals surface area contributed by atoms with Gasteiger partial charge in [-0.05, 0) is 55.5 Å². The molecule has 0 radical (unpaired) electrons. The fraction of sp³-hybridized carbons (Fsp3) is 0.471. The Bertz CT molecular complexity index is 504. The minimum atomic E-state index is -0.908. The van der Waals surface area contributed by atoms with Gasteiger partial charge in [0.15, 0.2) is 0 Å². The van der Waals surface area contributed by atoms with Crippen molar-refractivity contribution in [1.82, 2.24) is 0 Å². The molecule has 0 aromatic heterocycles. The summed E-state index contributed by atoms with van der Waals surface area (Å²) < 4.78 is 0. The third-order valence-electron chi connectivity index (χ3n) is 3.69. The minimum absolute atomic E-state index is 0.709. The molecular formula is C17H23NO2. The van der Waals surface area contributed by atoms with Gasteiger partial charge in [0.25, 0.3) is 0 Å². The maximum atomic E-state index is 10.6. The van der Waals surface area contributed by atoms with E-state index >= 15 is 0 Å². The van der Waals surface area contributed by atoms with Crippen LogP contribution in [0.25, 0.3) is 6.08 Å². The van der Waals surface area contributed by atoms with Crippen molar-refractivity contribution in [2.75, 3.05) is 11.4 Å². The fourth-order valence-electron chi connectivity index (χ4n) is 2.49. The second-order valence-electron chi connectivity index (χ2n) is 5.50. The average molecular weight is 273 g/mol. The number of anilines is 1. The monoisotopic (exact) mass is 273 g/mol. The van der Waals surface area contributed by atoms with E-state index in [0.29, 0.717) is 6.04 Å². The highest BCUT2D eigenvalue weighted by Crippen LogP contribution is 2.34. The SMILES string of the molecule is CCCCN(c1ccc(C=CC(=O)O)cc1C)C1CC1. The second-order valence-corrected chi connectivity index (χ2v) is 5.50. The Labute approximate surface area is 120 Å². The molecule has 1 saturated carbocycles. The summed E-state index contributed by atoms with van der Waals surface area (Å²) in [5, 5.41) is 8.67. The molecule has 0 bridgehead atoms. The Balaban J connectivity index is 2.16. The lowest BCUT2D eigenvalue weighted by atomic mass is 10.1. The molecule has 1 N–H and O–H groups in total. The smallest absolute Gasteiger partial charge is 0.328 e. The number of aryl methyl sites for hydroxylation is 1. The first-order chi connectivity index (χ1) is 9.61. The summed E-state index contributed by atoms with van der Waals surface area (Å²) in [7, 11) is 0. The van der Waals surface area contributed by atoms with Crippen molar-refractivity contribution >= 4 is 17.7 Å². The molecule has 0 saturated heterocycles. The molecule has 1 aliphatic carbocycles. The van der Waals surface area contributed by atoms with E-state index < -0.39 is 5.97 Å². The van der Waals surface area contributed by atoms with Crippen LogP contribution in [0.1, 0.15) is 43.7 Å². The van der Waals surface area contributed by atoms with Gasteiger partial charge >= 0.3 is 5.97 Å². The van der Waals surface area contributed by atoms with Gasteiger partial charge in [-0.1, -0.05) is 19.4 Å². The van der Waals surface area contributed by atoms with E-state index in [0.717, 1.165) is 12.1 Å².